The number of nitrogens with one attached hydrogen (secondary N) is 1. The van der Waals surface area contributed by atoms with Crippen LogP contribution >= 0.6 is 0 Å². The summed E-state index contributed by atoms with van der Waals surface area (Å²) in [6.07, 6.45) is 3.09. The van der Waals surface area contributed by atoms with E-state index >= 15 is 0 Å². The zero-order chi connectivity index (χ0) is 13.1. The number of carbonyl (C=O) groups is 2. The van der Waals surface area contributed by atoms with Crippen molar-refractivity contribution in [3.05, 3.63) is 30.2 Å². The van der Waals surface area contributed by atoms with Crippen LogP contribution in [-0.2, 0) is 4.79 Å². The van der Waals surface area contributed by atoms with E-state index < -0.39 is 11.9 Å². The van der Waals surface area contributed by atoms with Crippen molar-refractivity contribution in [3.8, 4) is 0 Å². The second-order valence-electron chi connectivity index (χ2n) is 3.96. The number of nitrogens with zero attached hydrogens (tertiary/aromatic N) is 3. The van der Waals surface area contributed by atoms with E-state index in [1.807, 2.05) is 0 Å². The Morgan fingerprint density at radius 2 is 2.28 bits per heavy atom. The van der Waals surface area contributed by atoms with Gasteiger partial charge in [-0.3, -0.25) is 14.0 Å². The molecule has 1 unspecified atom stereocenters. The van der Waals surface area contributed by atoms with Crippen molar-refractivity contribution < 1.29 is 14.7 Å². The lowest BCUT2D eigenvalue weighted by atomic mass is 10.2. The van der Waals surface area contributed by atoms with Gasteiger partial charge in [0.05, 0.1) is 11.5 Å². The molecule has 2 aromatic rings. The van der Waals surface area contributed by atoms with E-state index in [0.717, 1.165) is 0 Å². The van der Waals surface area contributed by atoms with Crippen LogP contribution in [0.5, 0.6) is 0 Å². The molecule has 0 saturated carbocycles. The number of aliphatic carboxylic acids is 1. The van der Waals surface area contributed by atoms with Crippen LogP contribution in [0.15, 0.2) is 24.7 Å². The van der Waals surface area contributed by atoms with Gasteiger partial charge in [0.1, 0.15) is 6.33 Å². The maximum absolute atomic E-state index is 11.8. The average molecular weight is 248 g/mol. The third kappa shape index (κ3) is 2.45. The molecule has 94 valence electrons. The Balaban J connectivity index is 2.06. The monoisotopic (exact) mass is 248 g/mol. The number of amides is 1. The SMILES string of the molecule is CC(CNC(=O)c1ccc2nncn2c1)C(=O)O. The normalized spacial score (nSPS) is 12.3. The summed E-state index contributed by atoms with van der Waals surface area (Å²) in [5.74, 6) is -1.88. The minimum Gasteiger partial charge on any atom is -0.481 e. The quantitative estimate of drug-likeness (QED) is 0.804. The van der Waals surface area contributed by atoms with Crippen LogP contribution < -0.4 is 5.32 Å². The molecule has 0 saturated heterocycles. The average Bonchev–Trinajstić information content (AvgIpc) is 2.82. The number of hydrogen-bond acceptors (Lipinski definition) is 4. The summed E-state index contributed by atoms with van der Waals surface area (Å²) in [6, 6.07) is 3.29. The standard InChI is InChI=1S/C11H12N4O3/c1-7(11(17)18)4-12-10(16)8-2-3-9-14-13-6-15(9)5-8/h2-3,5-7H,4H2,1H3,(H,12,16)(H,17,18). The van der Waals surface area contributed by atoms with Gasteiger partial charge in [-0.15, -0.1) is 10.2 Å². The number of pyridine rings is 1. The van der Waals surface area contributed by atoms with Gasteiger partial charge in [-0.2, -0.15) is 0 Å². The molecule has 0 spiro atoms. The molecule has 0 aliphatic carbocycles. The topological polar surface area (TPSA) is 96.6 Å². The molecule has 0 bridgehead atoms. The number of rotatable bonds is 4. The van der Waals surface area contributed by atoms with Crippen molar-refractivity contribution >= 4 is 17.5 Å². The second-order valence-corrected chi connectivity index (χ2v) is 3.96. The van der Waals surface area contributed by atoms with E-state index in [0.29, 0.717) is 11.2 Å². The Morgan fingerprint density at radius 3 is 3.00 bits per heavy atom. The first-order valence-corrected chi connectivity index (χ1v) is 5.38. The zero-order valence-electron chi connectivity index (χ0n) is 9.70. The number of carboxylic acids is 1. The van der Waals surface area contributed by atoms with Crippen LogP contribution in [0.25, 0.3) is 5.65 Å². The van der Waals surface area contributed by atoms with E-state index in [4.69, 9.17) is 5.11 Å². The molecule has 1 atom stereocenters. The zero-order valence-corrected chi connectivity index (χ0v) is 9.70. The van der Waals surface area contributed by atoms with Crippen LogP contribution in [0.2, 0.25) is 0 Å². The molecule has 0 aromatic carbocycles. The molecule has 7 heteroatoms. The van der Waals surface area contributed by atoms with E-state index in [1.54, 1.807) is 22.7 Å². The van der Waals surface area contributed by atoms with Crippen molar-refractivity contribution in [2.75, 3.05) is 6.54 Å². The fourth-order valence-electron chi connectivity index (χ4n) is 1.40. The van der Waals surface area contributed by atoms with Crippen molar-refractivity contribution in [2.24, 2.45) is 5.92 Å². The molecule has 2 heterocycles. The fourth-order valence-corrected chi connectivity index (χ4v) is 1.40. The van der Waals surface area contributed by atoms with Crippen LogP contribution in [0.1, 0.15) is 17.3 Å². The largest absolute Gasteiger partial charge is 0.481 e. The van der Waals surface area contributed by atoms with E-state index in [-0.39, 0.29) is 12.5 Å². The molecular formula is C11H12N4O3. The highest BCUT2D eigenvalue weighted by atomic mass is 16.4. The Morgan fingerprint density at radius 1 is 1.50 bits per heavy atom. The minimum atomic E-state index is -0.940. The molecule has 0 radical (unpaired) electrons. The minimum absolute atomic E-state index is 0.0916. The lowest BCUT2D eigenvalue weighted by Gasteiger charge is -2.08. The third-order valence-electron chi connectivity index (χ3n) is 2.54. The van der Waals surface area contributed by atoms with Gasteiger partial charge >= 0.3 is 5.97 Å². The first kappa shape index (κ1) is 12.0. The summed E-state index contributed by atoms with van der Waals surface area (Å²) in [5.41, 5.74) is 1.07. The lowest BCUT2D eigenvalue weighted by Crippen LogP contribution is -2.31. The summed E-state index contributed by atoms with van der Waals surface area (Å²) in [6.45, 7) is 1.62. The molecule has 1 amide bonds. The van der Waals surface area contributed by atoms with Crippen molar-refractivity contribution in [2.45, 2.75) is 6.92 Å². The molecule has 0 aliphatic heterocycles. The third-order valence-corrected chi connectivity index (χ3v) is 2.54. The highest BCUT2D eigenvalue weighted by Gasteiger charge is 2.13. The van der Waals surface area contributed by atoms with E-state index in [1.165, 1.54) is 13.3 Å². The van der Waals surface area contributed by atoms with Gasteiger partial charge in [0.25, 0.3) is 5.91 Å². The van der Waals surface area contributed by atoms with Crippen LogP contribution in [-0.4, -0.2) is 38.1 Å². The lowest BCUT2D eigenvalue weighted by molar-refractivity contribution is -0.140. The summed E-state index contributed by atoms with van der Waals surface area (Å²) in [7, 11) is 0. The molecule has 0 fully saturated rings. The summed E-state index contributed by atoms with van der Waals surface area (Å²) < 4.78 is 1.62. The molecule has 0 aliphatic rings. The first-order chi connectivity index (χ1) is 8.58. The molecule has 18 heavy (non-hydrogen) atoms. The van der Waals surface area contributed by atoms with Gasteiger partial charge in [0, 0.05) is 12.7 Å². The van der Waals surface area contributed by atoms with Gasteiger partial charge in [-0.1, -0.05) is 6.92 Å². The molecular weight excluding hydrogens is 236 g/mol. The Bertz CT molecular complexity index is 593. The van der Waals surface area contributed by atoms with Crippen LogP contribution in [0.4, 0.5) is 0 Å². The predicted octanol–water partition coefficient (Wildman–Crippen LogP) is 0.180. The first-order valence-electron chi connectivity index (χ1n) is 5.38. The fraction of sp³-hybridized carbons (Fsp3) is 0.273. The number of fused-ring (bicyclic) bond motifs is 1. The number of carbonyl (C=O) groups excluding carboxylic acids is 1. The second kappa shape index (κ2) is 4.82. The summed E-state index contributed by atoms with van der Waals surface area (Å²) in [5, 5.41) is 18.8. The number of hydrogen-bond donors (Lipinski definition) is 2. The summed E-state index contributed by atoms with van der Waals surface area (Å²) >= 11 is 0. The van der Waals surface area contributed by atoms with Gasteiger partial charge in [-0.05, 0) is 12.1 Å². The molecule has 7 nitrogen and oxygen atoms in total. The smallest absolute Gasteiger partial charge is 0.308 e. The van der Waals surface area contributed by atoms with Gasteiger partial charge < -0.3 is 10.4 Å². The maximum Gasteiger partial charge on any atom is 0.308 e. The van der Waals surface area contributed by atoms with Crippen LogP contribution in [0, 0.1) is 5.92 Å². The van der Waals surface area contributed by atoms with Gasteiger partial charge in [-0.25, -0.2) is 0 Å². The van der Waals surface area contributed by atoms with Crippen molar-refractivity contribution in [1.82, 2.24) is 19.9 Å². The van der Waals surface area contributed by atoms with E-state index in [2.05, 4.69) is 15.5 Å². The highest BCUT2D eigenvalue weighted by Crippen LogP contribution is 2.03. The molecule has 2 aromatic heterocycles. The Kier molecular flexibility index (Phi) is 3.22. The Labute approximate surface area is 102 Å². The predicted molar refractivity (Wildman–Crippen MR) is 62.1 cm³/mol. The molecule has 2 rings (SSSR count). The van der Waals surface area contributed by atoms with Gasteiger partial charge in [0.15, 0.2) is 5.65 Å². The summed E-state index contributed by atoms with van der Waals surface area (Å²) in [4.78, 5) is 22.4. The Hall–Kier alpha value is -2.44. The van der Waals surface area contributed by atoms with Crippen molar-refractivity contribution in [1.29, 1.82) is 0 Å². The van der Waals surface area contributed by atoms with Gasteiger partial charge in [0.2, 0.25) is 0 Å². The highest BCUT2D eigenvalue weighted by molar-refractivity contribution is 5.94. The number of carboxylic acid groups (broad SMARTS) is 1. The molecule has 2 N–H and O–H groups in total. The van der Waals surface area contributed by atoms with Crippen molar-refractivity contribution in [3.63, 3.8) is 0 Å². The van der Waals surface area contributed by atoms with E-state index in [9.17, 15) is 9.59 Å². The van der Waals surface area contributed by atoms with Crippen LogP contribution in [0.3, 0.4) is 0 Å². The number of aromatic nitrogens is 3. The maximum atomic E-state index is 11.8.